The average molecular weight is 482 g/mol. The number of benzene rings is 1. The van der Waals surface area contributed by atoms with Crippen LogP contribution >= 0.6 is 0 Å². The molecule has 3 atom stereocenters. The molecule has 1 saturated carbocycles. The molecule has 1 heterocycles. The van der Waals surface area contributed by atoms with Gasteiger partial charge >= 0.3 is 6.09 Å². The van der Waals surface area contributed by atoms with Crippen LogP contribution in [0.15, 0.2) is 24.3 Å². The average Bonchev–Trinajstić information content (AvgIpc) is 3.11. The Morgan fingerprint density at radius 3 is 2.45 bits per heavy atom. The molecule has 9 heteroatoms. The van der Waals surface area contributed by atoms with Gasteiger partial charge in [0.2, 0.25) is 0 Å². The summed E-state index contributed by atoms with van der Waals surface area (Å²) < 4.78 is 40.1. The van der Waals surface area contributed by atoms with Crippen LogP contribution in [0.3, 0.4) is 0 Å². The lowest BCUT2D eigenvalue weighted by Crippen LogP contribution is -2.52. The highest BCUT2D eigenvalue weighted by atomic mass is 32.2. The number of aryl methyl sites for hydroxylation is 1. The number of methoxy groups -OCH3 is 1. The molecule has 0 unspecified atom stereocenters. The predicted octanol–water partition coefficient (Wildman–Crippen LogP) is 3.29. The Bertz CT molecular complexity index is 899. The van der Waals surface area contributed by atoms with Gasteiger partial charge in [0.05, 0.1) is 25.9 Å². The van der Waals surface area contributed by atoms with Gasteiger partial charge in [-0.3, -0.25) is 4.90 Å². The molecular formula is C24H39N3O5S. The maximum Gasteiger partial charge on any atom is 0.410 e. The van der Waals surface area contributed by atoms with Gasteiger partial charge in [-0.2, -0.15) is 17.4 Å². The highest BCUT2D eigenvalue weighted by molar-refractivity contribution is 7.87. The van der Waals surface area contributed by atoms with Crippen LogP contribution in [0.25, 0.3) is 0 Å². The Morgan fingerprint density at radius 2 is 1.85 bits per heavy atom. The molecule has 0 spiro atoms. The summed E-state index contributed by atoms with van der Waals surface area (Å²) in [5.74, 6) is 0.554. The van der Waals surface area contributed by atoms with Crippen molar-refractivity contribution in [1.29, 1.82) is 0 Å². The van der Waals surface area contributed by atoms with Crippen molar-refractivity contribution in [3.05, 3.63) is 35.4 Å². The van der Waals surface area contributed by atoms with E-state index in [4.69, 9.17) is 9.47 Å². The Labute approximate surface area is 198 Å². The van der Waals surface area contributed by atoms with Gasteiger partial charge < -0.3 is 9.47 Å². The summed E-state index contributed by atoms with van der Waals surface area (Å²) in [6.45, 7) is 4.38. The molecule has 1 aromatic rings. The van der Waals surface area contributed by atoms with E-state index in [-0.39, 0.29) is 18.8 Å². The van der Waals surface area contributed by atoms with Gasteiger partial charge in [0.15, 0.2) is 0 Å². The number of nitrogens with zero attached hydrogens (tertiary/aromatic N) is 2. The van der Waals surface area contributed by atoms with E-state index in [0.717, 1.165) is 36.4 Å². The maximum atomic E-state index is 12.5. The van der Waals surface area contributed by atoms with Crippen molar-refractivity contribution in [3.8, 4) is 0 Å². The van der Waals surface area contributed by atoms with E-state index < -0.39 is 28.4 Å². The molecule has 1 amide bonds. The van der Waals surface area contributed by atoms with Crippen LogP contribution in [0.4, 0.5) is 4.79 Å². The highest BCUT2D eigenvalue weighted by Crippen LogP contribution is 2.36. The van der Waals surface area contributed by atoms with Gasteiger partial charge in [0.25, 0.3) is 10.2 Å². The van der Waals surface area contributed by atoms with Crippen molar-refractivity contribution in [2.24, 2.45) is 0 Å². The monoisotopic (exact) mass is 481 g/mol. The molecule has 1 N–H and O–H groups in total. The third-order valence-corrected chi connectivity index (χ3v) is 8.67. The minimum absolute atomic E-state index is 0.108. The molecule has 2 aliphatic rings. The standard InChI is InChI=1S/C24H39N3O5S/c1-6-18-9-7-8-10-21(18)19-11-13-20(14-12-19)32-16-23-22(25-33(29,30)26(3)4)15-17(2)27(23)24(28)31-5/h7-10,17,19-20,22-23,25H,6,11-16H2,1-5H3/t17-,19-,20-,22+,23+/m1/s1. The van der Waals surface area contributed by atoms with Crippen LogP contribution in [-0.2, 0) is 26.1 Å². The van der Waals surface area contributed by atoms with Crippen molar-refractivity contribution in [1.82, 2.24) is 13.9 Å². The van der Waals surface area contributed by atoms with E-state index in [2.05, 4.69) is 35.9 Å². The Morgan fingerprint density at radius 1 is 1.18 bits per heavy atom. The topological polar surface area (TPSA) is 88.2 Å². The van der Waals surface area contributed by atoms with Crippen LogP contribution in [-0.4, -0.2) is 75.8 Å². The molecule has 0 bridgehead atoms. The molecule has 1 aromatic carbocycles. The van der Waals surface area contributed by atoms with E-state index in [1.54, 1.807) is 4.90 Å². The SMILES string of the molecule is CCc1ccccc1[C@H]1CC[C@H](OC[C@H]2[C@@H](NS(=O)(=O)N(C)C)C[C@@H](C)N2C(=O)OC)CC1. The van der Waals surface area contributed by atoms with Crippen molar-refractivity contribution < 1.29 is 22.7 Å². The van der Waals surface area contributed by atoms with E-state index >= 15 is 0 Å². The van der Waals surface area contributed by atoms with Gasteiger partial charge in [-0.25, -0.2) is 4.79 Å². The number of hydrogen-bond acceptors (Lipinski definition) is 5. The quantitative estimate of drug-likeness (QED) is 0.616. The van der Waals surface area contributed by atoms with Crippen LogP contribution in [0, 0.1) is 0 Å². The minimum atomic E-state index is -3.63. The molecule has 1 saturated heterocycles. The molecular weight excluding hydrogens is 442 g/mol. The number of ether oxygens (including phenoxy) is 2. The molecule has 0 aromatic heterocycles. The first-order valence-corrected chi connectivity index (χ1v) is 13.4. The second-order valence-electron chi connectivity index (χ2n) is 9.40. The highest BCUT2D eigenvalue weighted by Gasteiger charge is 2.44. The summed E-state index contributed by atoms with van der Waals surface area (Å²) >= 11 is 0. The largest absolute Gasteiger partial charge is 0.453 e. The number of rotatable bonds is 8. The van der Waals surface area contributed by atoms with Crippen molar-refractivity contribution in [3.63, 3.8) is 0 Å². The third kappa shape index (κ3) is 6.07. The molecule has 1 aliphatic heterocycles. The van der Waals surface area contributed by atoms with Crippen LogP contribution in [0.5, 0.6) is 0 Å². The molecule has 0 radical (unpaired) electrons. The molecule has 33 heavy (non-hydrogen) atoms. The summed E-state index contributed by atoms with van der Waals surface area (Å²) in [6.07, 6.45) is 5.25. The smallest absolute Gasteiger partial charge is 0.410 e. The fraction of sp³-hybridized carbons (Fsp3) is 0.708. The molecule has 1 aliphatic carbocycles. The number of nitrogens with one attached hydrogen (secondary N) is 1. The summed E-state index contributed by atoms with van der Waals surface area (Å²) in [7, 11) is 0.685. The first-order chi connectivity index (χ1) is 15.7. The van der Waals surface area contributed by atoms with Crippen LogP contribution in [0.2, 0.25) is 0 Å². The summed E-state index contributed by atoms with van der Waals surface area (Å²) in [6, 6.07) is 7.69. The first kappa shape index (κ1) is 25.9. The minimum Gasteiger partial charge on any atom is -0.453 e. The zero-order valence-electron chi connectivity index (χ0n) is 20.5. The number of carbonyl (C=O) groups excluding carboxylic acids is 1. The Hall–Kier alpha value is -1.68. The summed E-state index contributed by atoms with van der Waals surface area (Å²) in [4.78, 5) is 14.1. The normalized spacial score (nSPS) is 28.3. The molecule has 2 fully saturated rings. The van der Waals surface area contributed by atoms with Crippen LogP contribution < -0.4 is 4.72 Å². The maximum absolute atomic E-state index is 12.5. The van der Waals surface area contributed by atoms with E-state index in [9.17, 15) is 13.2 Å². The number of carbonyl (C=O) groups is 1. The number of hydrogen-bond donors (Lipinski definition) is 1. The number of likely N-dealkylation sites (tertiary alicyclic amines) is 1. The zero-order valence-corrected chi connectivity index (χ0v) is 21.3. The van der Waals surface area contributed by atoms with Crippen molar-refractivity contribution in [2.75, 3.05) is 27.8 Å². The number of amides is 1. The lowest BCUT2D eigenvalue weighted by atomic mass is 9.80. The van der Waals surface area contributed by atoms with Crippen molar-refractivity contribution >= 4 is 16.3 Å². The Kier molecular flexibility index (Phi) is 8.77. The summed E-state index contributed by atoms with van der Waals surface area (Å²) in [5, 5.41) is 0. The zero-order chi connectivity index (χ0) is 24.2. The lowest BCUT2D eigenvalue weighted by Gasteiger charge is -2.33. The van der Waals surface area contributed by atoms with E-state index in [1.807, 2.05) is 6.92 Å². The summed E-state index contributed by atoms with van der Waals surface area (Å²) in [5.41, 5.74) is 2.88. The Balaban J connectivity index is 1.64. The first-order valence-electron chi connectivity index (χ1n) is 11.9. The fourth-order valence-corrected chi connectivity index (χ4v) is 6.08. The fourth-order valence-electron chi connectivity index (χ4n) is 5.23. The predicted molar refractivity (Wildman–Crippen MR) is 128 cm³/mol. The van der Waals surface area contributed by atoms with Gasteiger partial charge in [0, 0.05) is 26.2 Å². The van der Waals surface area contributed by atoms with Gasteiger partial charge in [-0.1, -0.05) is 31.2 Å². The van der Waals surface area contributed by atoms with Crippen molar-refractivity contribution in [2.45, 2.75) is 82.5 Å². The van der Waals surface area contributed by atoms with Gasteiger partial charge in [0.1, 0.15) is 0 Å². The van der Waals surface area contributed by atoms with Crippen LogP contribution in [0.1, 0.15) is 63.0 Å². The molecule has 186 valence electrons. The molecule has 3 rings (SSSR count). The lowest BCUT2D eigenvalue weighted by molar-refractivity contribution is -0.00867. The van der Waals surface area contributed by atoms with Gasteiger partial charge in [-0.15, -0.1) is 0 Å². The second kappa shape index (κ2) is 11.2. The molecule has 8 nitrogen and oxygen atoms in total. The van der Waals surface area contributed by atoms with Gasteiger partial charge in [-0.05, 0) is 62.5 Å². The third-order valence-electron chi connectivity index (χ3n) is 7.11. The van der Waals surface area contributed by atoms with E-state index in [0.29, 0.717) is 12.3 Å². The van der Waals surface area contributed by atoms with E-state index in [1.165, 1.54) is 32.3 Å². The second-order valence-corrected chi connectivity index (χ2v) is 11.3.